The molecule has 0 fully saturated rings. The summed E-state index contributed by atoms with van der Waals surface area (Å²) in [7, 11) is 0. The van der Waals surface area contributed by atoms with Gasteiger partial charge < -0.3 is 4.40 Å². The molecule has 6 aromatic rings. The van der Waals surface area contributed by atoms with E-state index >= 15 is 0 Å². The van der Waals surface area contributed by atoms with Crippen molar-refractivity contribution < 1.29 is 0 Å². The fraction of sp³-hybridized carbons (Fsp3) is 0. The van der Waals surface area contributed by atoms with Crippen LogP contribution in [0.4, 0.5) is 0 Å². The minimum atomic E-state index is 0.964. The summed E-state index contributed by atoms with van der Waals surface area (Å²) in [6.45, 7) is 0. The summed E-state index contributed by atoms with van der Waals surface area (Å²) in [5.41, 5.74) is 10.9. The normalized spacial score (nSPS) is 11.9. The summed E-state index contributed by atoms with van der Waals surface area (Å²) in [4.78, 5) is 4.81. The Balaban J connectivity index is 1.43. The van der Waals surface area contributed by atoms with Crippen molar-refractivity contribution in [2.75, 3.05) is 0 Å². The van der Waals surface area contributed by atoms with Gasteiger partial charge in [-0.1, -0.05) is 78.9 Å². The first-order valence-electron chi connectivity index (χ1n) is 10.6. The Morgan fingerprint density at radius 3 is 2.13 bits per heavy atom. The number of nitrogens with zero attached hydrogens (tertiary/aromatic N) is 2. The zero-order valence-electron chi connectivity index (χ0n) is 16.8. The molecule has 0 bridgehead atoms. The lowest BCUT2D eigenvalue weighted by Gasteiger charge is -2.10. The van der Waals surface area contributed by atoms with E-state index in [1.807, 2.05) is 24.4 Å². The van der Waals surface area contributed by atoms with Crippen LogP contribution in [0.15, 0.2) is 109 Å². The van der Waals surface area contributed by atoms with E-state index in [0.717, 1.165) is 16.9 Å². The summed E-state index contributed by atoms with van der Waals surface area (Å²) < 4.78 is 2.07. The Kier molecular flexibility index (Phi) is 3.30. The first kappa shape index (κ1) is 16.6. The highest BCUT2D eigenvalue weighted by Crippen LogP contribution is 2.49. The van der Waals surface area contributed by atoms with Crippen molar-refractivity contribution in [2.24, 2.45) is 0 Å². The van der Waals surface area contributed by atoms with Gasteiger partial charge in [0.05, 0.1) is 5.69 Å². The van der Waals surface area contributed by atoms with E-state index in [0.29, 0.717) is 0 Å². The van der Waals surface area contributed by atoms with Crippen molar-refractivity contribution in [3.05, 3.63) is 109 Å². The number of rotatable bonds is 2. The molecule has 2 heterocycles. The largest absolute Gasteiger partial charge is 0.306 e. The van der Waals surface area contributed by atoms with Crippen LogP contribution in [0, 0.1) is 0 Å². The fourth-order valence-corrected chi connectivity index (χ4v) is 4.98. The SMILES string of the molecule is c1cc(-c2cn3ccccc3n2)cc(-c2ccc3c4c(cccc24)-c2ccccc2-3)c1. The van der Waals surface area contributed by atoms with Gasteiger partial charge in [-0.05, 0) is 62.4 Å². The van der Waals surface area contributed by atoms with Gasteiger partial charge in [0.25, 0.3) is 0 Å². The molecule has 31 heavy (non-hydrogen) atoms. The molecule has 0 saturated carbocycles. The molecule has 1 aliphatic rings. The quantitative estimate of drug-likeness (QED) is 0.297. The number of imidazole rings is 1. The van der Waals surface area contributed by atoms with Crippen LogP contribution < -0.4 is 0 Å². The Morgan fingerprint density at radius 1 is 0.548 bits per heavy atom. The molecule has 0 N–H and O–H groups in total. The highest BCUT2D eigenvalue weighted by Gasteiger charge is 2.22. The monoisotopic (exact) mass is 394 g/mol. The maximum absolute atomic E-state index is 4.81. The van der Waals surface area contributed by atoms with Crippen molar-refractivity contribution in [3.63, 3.8) is 0 Å². The second-order valence-corrected chi connectivity index (χ2v) is 8.11. The van der Waals surface area contributed by atoms with Crippen LogP contribution in [0.25, 0.3) is 61.1 Å². The zero-order valence-corrected chi connectivity index (χ0v) is 16.8. The van der Waals surface area contributed by atoms with Crippen molar-refractivity contribution >= 4 is 16.4 Å². The summed E-state index contributed by atoms with van der Waals surface area (Å²) >= 11 is 0. The van der Waals surface area contributed by atoms with Gasteiger partial charge in [0.1, 0.15) is 5.65 Å². The molecule has 144 valence electrons. The minimum absolute atomic E-state index is 0.964. The molecule has 1 aliphatic carbocycles. The Morgan fingerprint density at radius 2 is 1.26 bits per heavy atom. The summed E-state index contributed by atoms with van der Waals surface area (Å²) in [5, 5.41) is 2.66. The Bertz CT molecular complexity index is 1580. The third-order valence-electron chi connectivity index (χ3n) is 6.38. The van der Waals surface area contributed by atoms with E-state index in [2.05, 4.69) is 89.5 Å². The predicted octanol–water partition coefficient (Wildman–Crippen LogP) is 7.47. The summed E-state index contributed by atoms with van der Waals surface area (Å²) in [5.74, 6) is 0. The van der Waals surface area contributed by atoms with Gasteiger partial charge in [0, 0.05) is 18.0 Å². The molecule has 0 spiro atoms. The molecule has 2 heteroatoms. The van der Waals surface area contributed by atoms with Gasteiger partial charge in [-0.25, -0.2) is 4.98 Å². The van der Waals surface area contributed by atoms with Crippen LogP contribution in [0.2, 0.25) is 0 Å². The molecule has 0 amide bonds. The lowest BCUT2D eigenvalue weighted by Crippen LogP contribution is -1.85. The molecule has 0 radical (unpaired) electrons. The summed E-state index contributed by atoms with van der Waals surface area (Å²) in [6.07, 6.45) is 4.13. The molecular formula is C29H18N2. The highest BCUT2D eigenvalue weighted by molar-refractivity contribution is 6.18. The van der Waals surface area contributed by atoms with Crippen molar-refractivity contribution in [1.82, 2.24) is 9.38 Å². The van der Waals surface area contributed by atoms with Gasteiger partial charge in [-0.15, -0.1) is 0 Å². The third-order valence-corrected chi connectivity index (χ3v) is 6.38. The molecule has 0 aliphatic heterocycles. The average Bonchev–Trinajstić information content (AvgIpc) is 3.41. The van der Waals surface area contributed by atoms with E-state index in [9.17, 15) is 0 Å². The molecule has 0 saturated heterocycles. The molecule has 0 atom stereocenters. The fourth-order valence-electron chi connectivity index (χ4n) is 4.98. The minimum Gasteiger partial charge on any atom is -0.306 e. The van der Waals surface area contributed by atoms with Gasteiger partial charge in [0.2, 0.25) is 0 Å². The van der Waals surface area contributed by atoms with Crippen molar-refractivity contribution in [1.29, 1.82) is 0 Å². The molecular weight excluding hydrogens is 376 g/mol. The van der Waals surface area contributed by atoms with Crippen molar-refractivity contribution in [2.45, 2.75) is 0 Å². The maximum atomic E-state index is 4.81. The van der Waals surface area contributed by atoms with Gasteiger partial charge in [-0.2, -0.15) is 0 Å². The predicted molar refractivity (Wildman–Crippen MR) is 128 cm³/mol. The van der Waals surface area contributed by atoms with Crippen LogP contribution in [0.1, 0.15) is 0 Å². The van der Waals surface area contributed by atoms with E-state index in [4.69, 9.17) is 4.98 Å². The second-order valence-electron chi connectivity index (χ2n) is 8.11. The highest BCUT2D eigenvalue weighted by atomic mass is 15.0. The first-order valence-corrected chi connectivity index (χ1v) is 10.6. The Hall–Kier alpha value is -4.17. The third kappa shape index (κ3) is 2.36. The zero-order chi connectivity index (χ0) is 20.4. The van der Waals surface area contributed by atoms with Crippen LogP contribution in [0.5, 0.6) is 0 Å². The second kappa shape index (κ2) is 6.16. The van der Waals surface area contributed by atoms with Gasteiger partial charge >= 0.3 is 0 Å². The lowest BCUT2D eigenvalue weighted by molar-refractivity contribution is 1.19. The van der Waals surface area contributed by atoms with Gasteiger partial charge in [-0.3, -0.25) is 0 Å². The van der Waals surface area contributed by atoms with Crippen LogP contribution in [-0.2, 0) is 0 Å². The number of fused-ring (bicyclic) bond motifs is 4. The van der Waals surface area contributed by atoms with Crippen molar-refractivity contribution in [3.8, 4) is 44.6 Å². The van der Waals surface area contributed by atoms with Crippen LogP contribution >= 0.6 is 0 Å². The van der Waals surface area contributed by atoms with E-state index in [1.165, 1.54) is 44.2 Å². The van der Waals surface area contributed by atoms with Gasteiger partial charge in [0.15, 0.2) is 0 Å². The topological polar surface area (TPSA) is 17.3 Å². The number of pyridine rings is 1. The molecule has 2 aromatic heterocycles. The smallest absolute Gasteiger partial charge is 0.137 e. The van der Waals surface area contributed by atoms with Crippen LogP contribution in [-0.4, -0.2) is 9.38 Å². The number of benzene rings is 4. The number of hydrogen-bond donors (Lipinski definition) is 0. The molecule has 2 nitrogen and oxygen atoms in total. The standard InChI is InChI=1S/C29H18N2/c1-2-10-23-22(9-1)25-12-6-11-24-21(14-15-26(23)29(24)25)19-7-5-8-20(17-19)27-18-31-16-4-3-13-28(31)30-27/h1-18H. The average molecular weight is 394 g/mol. The van der Waals surface area contributed by atoms with E-state index in [1.54, 1.807) is 0 Å². The Labute approximate surface area is 180 Å². The van der Waals surface area contributed by atoms with E-state index < -0.39 is 0 Å². The molecule has 0 unspecified atom stereocenters. The number of aromatic nitrogens is 2. The maximum Gasteiger partial charge on any atom is 0.137 e. The van der Waals surface area contributed by atoms with E-state index in [-0.39, 0.29) is 0 Å². The number of hydrogen-bond acceptors (Lipinski definition) is 1. The first-order chi connectivity index (χ1) is 15.4. The summed E-state index contributed by atoms with van der Waals surface area (Å²) in [6, 6.07) is 34.8. The van der Waals surface area contributed by atoms with Crippen LogP contribution in [0.3, 0.4) is 0 Å². The molecule has 7 rings (SSSR count). The lowest BCUT2D eigenvalue weighted by atomic mass is 9.93. The molecule has 4 aromatic carbocycles.